The molecule has 1 heterocycles. The van der Waals surface area contributed by atoms with Crippen molar-refractivity contribution in [2.45, 2.75) is 58.6 Å². The first-order valence-electron chi connectivity index (χ1n) is 9.19. The first-order valence-corrected chi connectivity index (χ1v) is 9.19. The molecule has 1 aliphatic heterocycles. The molecule has 0 saturated carbocycles. The van der Waals surface area contributed by atoms with Gasteiger partial charge in [0.05, 0.1) is 18.7 Å². The highest BCUT2D eigenvalue weighted by Gasteiger charge is 2.19. The first-order chi connectivity index (χ1) is 11.5. The van der Waals surface area contributed by atoms with Crippen LogP contribution in [0.15, 0.2) is 24.3 Å². The van der Waals surface area contributed by atoms with Gasteiger partial charge in [-0.05, 0) is 35.8 Å². The van der Waals surface area contributed by atoms with Gasteiger partial charge in [-0.25, -0.2) is 0 Å². The molecule has 1 aromatic carbocycles. The molecule has 4 nitrogen and oxygen atoms in total. The molecule has 25 heavy (non-hydrogen) atoms. The number of rotatable bonds is 8. The Labute approximate surface area is 158 Å². The lowest BCUT2D eigenvalue weighted by Crippen LogP contribution is -2.40. The third kappa shape index (κ3) is 6.96. The van der Waals surface area contributed by atoms with Gasteiger partial charge in [-0.2, -0.15) is 0 Å². The van der Waals surface area contributed by atoms with Crippen LogP contribution in [0.2, 0.25) is 0 Å². The molecular weight excluding hydrogens is 336 g/mol. The molecule has 2 unspecified atom stereocenters. The molecule has 0 aromatic heterocycles. The second kappa shape index (κ2) is 10.8. The minimum absolute atomic E-state index is 0. The van der Waals surface area contributed by atoms with E-state index in [1.54, 1.807) is 0 Å². The maximum Gasteiger partial charge on any atom is 0.234 e. The highest BCUT2D eigenvalue weighted by molar-refractivity contribution is 5.85. The lowest BCUT2D eigenvalue weighted by Gasteiger charge is -2.24. The van der Waals surface area contributed by atoms with Gasteiger partial charge in [0.15, 0.2) is 0 Å². The summed E-state index contributed by atoms with van der Waals surface area (Å²) in [5, 5.41) is 6.37. The van der Waals surface area contributed by atoms with Gasteiger partial charge in [-0.1, -0.05) is 52.0 Å². The van der Waals surface area contributed by atoms with E-state index in [4.69, 9.17) is 4.74 Å². The number of nitrogens with one attached hydrogen (secondary N) is 2. The Morgan fingerprint density at radius 1 is 1.16 bits per heavy atom. The van der Waals surface area contributed by atoms with Crippen LogP contribution in [0.1, 0.15) is 63.6 Å². The van der Waals surface area contributed by atoms with Crippen LogP contribution < -0.4 is 10.6 Å². The zero-order valence-electron chi connectivity index (χ0n) is 15.9. The third-order valence-electron chi connectivity index (χ3n) is 4.63. The van der Waals surface area contributed by atoms with Crippen LogP contribution in [-0.4, -0.2) is 31.7 Å². The Hall–Kier alpha value is -1.10. The van der Waals surface area contributed by atoms with E-state index in [1.807, 2.05) is 0 Å². The molecule has 0 spiro atoms. The predicted molar refractivity (Wildman–Crippen MR) is 105 cm³/mol. The molecule has 1 aliphatic rings. The fraction of sp³-hybridized carbons (Fsp3) is 0.650. The van der Waals surface area contributed by atoms with Crippen molar-refractivity contribution in [3.8, 4) is 0 Å². The van der Waals surface area contributed by atoms with E-state index in [1.165, 1.54) is 11.1 Å². The molecule has 5 heteroatoms. The number of amides is 1. The molecule has 2 rings (SSSR count). The van der Waals surface area contributed by atoms with Crippen molar-refractivity contribution in [2.75, 3.05) is 19.7 Å². The van der Waals surface area contributed by atoms with E-state index in [9.17, 15) is 4.79 Å². The molecule has 1 saturated heterocycles. The van der Waals surface area contributed by atoms with E-state index < -0.39 is 0 Å². The summed E-state index contributed by atoms with van der Waals surface area (Å²) in [5.74, 6) is 0.907. The molecule has 1 amide bonds. The lowest BCUT2D eigenvalue weighted by atomic mass is 9.93. The van der Waals surface area contributed by atoms with Crippen molar-refractivity contribution in [2.24, 2.45) is 5.92 Å². The maximum atomic E-state index is 12.3. The minimum Gasteiger partial charge on any atom is -0.377 e. The Balaban J connectivity index is 0.00000312. The van der Waals surface area contributed by atoms with Crippen LogP contribution in [0, 0.1) is 5.92 Å². The zero-order valence-corrected chi connectivity index (χ0v) is 16.7. The predicted octanol–water partition coefficient (Wildman–Crippen LogP) is 3.81. The quantitative estimate of drug-likeness (QED) is 0.733. The average Bonchev–Trinajstić information content (AvgIpc) is 3.06. The molecule has 1 aromatic rings. The van der Waals surface area contributed by atoms with Crippen LogP contribution >= 0.6 is 12.4 Å². The number of benzene rings is 1. The first kappa shape index (κ1) is 21.9. The second-order valence-electron chi connectivity index (χ2n) is 7.38. The topological polar surface area (TPSA) is 50.4 Å². The van der Waals surface area contributed by atoms with Gasteiger partial charge >= 0.3 is 0 Å². The minimum atomic E-state index is 0. The van der Waals surface area contributed by atoms with Gasteiger partial charge in [0, 0.05) is 13.2 Å². The number of hydrogen-bond acceptors (Lipinski definition) is 3. The fourth-order valence-electron chi connectivity index (χ4n) is 3.10. The molecule has 0 radical (unpaired) electrons. The van der Waals surface area contributed by atoms with Crippen LogP contribution in [-0.2, 0) is 9.53 Å². The SMILES string of the molecule is CC(C)c1ccc(C(NC(=O)CNCC2CCCO2)C(C)C)cc1.Cl. The van der Waals surface area contributed by atoms with E-state index in [0.717, 1.165) is 26.0 Å². The van der Waals surface area contributed by atoms with E-state index in [-0.39, 0.29) is 30.5 Å². The molecular formula is C20H33ClN2O2. The van der Waals surface area contributed by atoms with Crippen LogP contribution in [0.4, 0.5) is 0 Å². The van der Waals surface area contributed by atoms with E-state index in [2.05, 4.69) is 62.6 Å². The summed E-state index contributed by atoms with van der Waals surface area (Å²) in [6.45, 7) is 10.6. The Kier molecular flexibility index (Phi) is 9.47. The summed E-state index contributed by atoms with van der Waals surface area (Å²) in [7, 11) is 0. The van der Waals surface area contributed by atoms with Crippen molar-refractivity contribution in [3.63, 3.8) is 0 Å². The van der Waals surface area contributed by atoms with Gasteiger partial charge in [0.25, 0.3) is 0 Å². The van der Waals surface area contributed by atoms with Crippen LogP contribution in [0.3, 0.4) is 0 Å². The summed E-state index contributed by atoms with van der Waals surface area (Å²) in [4.78, 5) is 12.3. The summed E-state index contributed by atoms with van der Waals surface area (Å²) < 4.78 is 5.56. The smallest absolute Gasteiger partial charge is 0.234 e. The maximum absolute atomic E-state index is 12.3. The monoisotopic (exact) mass is 368 g/mol. The molecule has 0 bridgehead atoms. The zero-order chi connectivity index (χ0) is 17.5. The van der Waals surface area contributed by atoms with E-state index >= 15 is 0 Å². The Morgan fingerprint density at radius 2 is 1.80 bits per heavy atom. The van der Waals surface area contributed by atoms with Crippen molar-refractivity contribution in [1.82, 2.24) is 10.6 Å². The van der Waals surface area contributed by atoms with Crippen LogP contribution in [0.5, 0.6) is 0 Å². The molecule has 1 fully saturated rings. The Morgan fingerprint density at radius 3 is 2.32 bits per heavy atom. The summed E-state index contributed by atoms with van der Waals surface area (Å²) in [5.41, 5.74) is 2.49. The highest BCUT2D eigenvalue weighted by atomic mass is 35.5. The third-order valence-corrected chi connectivity index (χ3v) is 4.63. The Bertz CT molecular complexity index is 511. The van der Waals surface area contributed by atoms with Gasteiger partial charge in [0.1, 0.15) is 0 Å². The molecule has 0 aliphatic carbocycles. The number of hydrogen-bond donors (Lipinski definition) is 2. The normalized spacial score (nSPS) is 18.2. The number of carbonyl (C=O) groups excluding carboxylic acids is 1. The van der Waals surface area contributed by atoms with E-state index in [0.29, 0.717) is 18.4 Å². The van der Waals surface area contributed by atoms with Gasteiger partial charge in [-0.3, -0.25) is 4.79 Å². The van der Waals surface area contributed by atoms with Crippen molar-refractivity contribution in [3.05, 3.63) is 35.4 Å². The fourth-order valence-corrected chi connectivity index (χ4v) is 3.10. The number of halogens is 1. The van der Waals surface area contributed by atoms with Crippen molar-refractivity contribution < 1.29 is 9.53 Å². The van der Waals surface area contributed by atoms with Gasteiger partial charge in [0.2, 0.25) is 5.91 Å². The number of ether oxygens (including phenoxy) is 1. The average molecular weight is 369 g/mol. The van der Waals surface area contributed by atoms with Crippen LogP contribution in [0.25, 0.3) is 0 Å². The lowest BCUT2D eigenvalue weighted by molar-refractivity contribution is -0.121. The number of carbonyl (C=O) groups is 1. The molecule has 142 valence electrons. The summed E-state index contributed by atoms with van der Waals surface area (Å²) >= 11 is 0. The molecule has 2 atom stereocenters. The van der Waals surface area contributed by atoms with Gasteiger partial charge in [-0.15, -0.1) is 12.4 Å². The molecule has 2 N–H and O–H groups in total. The van der Waals surface area contributed by atoms with Gasteiger partial charge < -0.3 is 15.4 Å². The summed E-state index contributed by atoms with van der Waals surface area (Å²) in [6.07, 6.45) is 2.48. The van der Waals surface area contributed by atoms with Crippen molar-refractivity contribution in [1.29, 1.82) is 0 Å². The second-order valence-corrected chi connectivity index (χ2v) is 7.38. The van der Waals surface area contributed by atoms with Crippen molar-refractivity contribution >= 4 is 18.3 Å². The highest BCUT2D eigenvalue weighted by Crippen LogP contribution is 2.24. The standard InChI is InChI=1S/C20H32N2O2.ClH/c1-14(2)16-7-9-17(10-8-16)20(15(3)4)22-19(23)13-21-12-18-6-5-11-24-18;/h7-10,14-15,18,20-21H,5-6,11-13H2,1-4H3,(H,22,23);1H. The largest absolute Gasteiger partial charge is 0.377 e. The summed E-state index contributed by atoms with van der Waals surface area (Å²) in [6, 6.07) is 8.65.